The number of hydrogen-bond acceptors (Lipinski definition) is 3. The Balaban J connectivity index is 0.00000288. The molecule has 0 saturated heterocycles. The summed E-state index contributed by atoms with van der Waals surface area (Å²) in [6, 6.07) is 14.6. The molecule has 0 radical (unpaired) electrons. The minimum atomic E-state index is 0. The normalized spacial score (nSPS) is 12.3. The fraction of sp³-hybridized carbons (Fsp3) is 0.389. The van der Waals surface area contributed by atoms with E-state index in [1.54, 1.807) is 11.3 Å². The average molecular weight is 459 g/mol. The van der Waals surface area contributed by atoms with Crippen molar-refractivity contribution < 1.29 is 4.74 Å². The topological polar surface area (TPSA) is 45.7 Å². The number of benzene rings is 1. The van der Waals surface area contributed by atoms with Crippen molar-refractivity contribution in [3.8, 4) is 0 Å². The van der Waals surface area contributed by atoms with Gasteiger partial charge in [0.05, 0.1) is 25.8 Å². The minimum Gasteiger partial charge on any atom is -0.375 e. The van der Waals surface area contributed by atoms with Crippen LogP contribution in [0.15, 0.2) is 52.8 Å². The predicted octanol–water partition coefficient (Wildman–Crippen LogP) is 4.20. The van der Waals surface area contributed by atoms with Crippen LogP contribution in [0.5, 0.6) is 0 Å². The summed E-state index contributed by atoms with van der Waals surface area (Å²) in [7, 11) is 0. The second-order valence-corrected chi connectivity index (χ2v) is 6.16. The van der Waals surface area contributed by atoms with Gasteiger partial charge < -0.3 is 15.4 Å². The maximum absolute atomic E-state index is 5.66. The molecule has 1 aromatic heterocycles. The van der Waals surface area contributed by atoms with Gasteiger partial charge in [0, 0.05) is 11.4 Å². The number of halogens is 1. The van der Waals surface area contributed by atoms with E-state index in [2.05, 4.69) is 59.1 Å². The number of aliphatic imine (C=N–C) groups is 1. The molecule has 1 aromatic carbocycles. The molecule has 0 spiro atoms. The molecule has 24 heavy (non-hydrogen) atoms. The number of hydrogen-bond donors (Lipinski definition) is 2. The first-order valence-electron chi connectivity index (χ1n) is 7.99. The molecule has 0 aliphatic rings. The predicted molar refractivity (Wildman–Crippen MR) is 113 cm³/mol. The van der Waals surface area contributed by atoms with Gasteiger partial charge in [-0.05, 0) is 30.9 Å². The molecule has 4 nitrogen and oxygen atoms in total. The molecule has 2 aromatic rings. The quantitative estimate of drug-likeness (QED) is 0.269. The van der Waals surface area contributed by atoms with Crippen molar-refractivity contribution in [3.05, 3.63) is 58.3 Å². The Labute approximate surface area is 165 Å². The lowest BCUT2D eigenvalue weighted by atomic mass is 10.2. The molecule has 1 atom stereocenters. The van der Waals surface area contributed by atoms with Crippen LogP contribution in [0.3, 0.4) is 0 Å². The fourth-order valence-electron chi connectivity index (χ4n) is 2.12. The Bertz CT molecular complexity index is 575. The van der Waals surface area contributed by atoms with Crippen molar-refractivity contribution in [2.45, 2.75) is 26.5 Å². The molecule has 2 rings (SSSR count). The largest absolute Gasteiger partial charge is 0.375 e. The highest BCUT2D eigenvalue weighted by atomic mass is 127. The Morgan fingerprint density at radius 2 is 2.00 bits per heavy atom. The number of nitrogens with one attached hydrogen (secondary N) is 2. The summed E-state index contributed by atoms with van der Waals surface area (Å²) in [6.45, 7) is 6.93. The fourth-order valence-corrected chi connectivity index (χ4v) is 2.85. The molecule has 0 fully saturated rings. The molecule has 2 N–H and O–H groups in total. The Morgan fingerprint density at radius 1 is 1.21 bits per heavy atom. The van der Waals surface area contributed by atoms with E-state index < -0.39 is 0 Å². The van der Waals surface area contributed by atoms with E-state index in [0.717, 1.165) is 12.5 Å². The number of ether oxygens (including phenoxy) is 1. The third-order valence-electron chi connectivity index (χ3n) is 3.28. The van der Waals surface area contributed by atoms with Crippen molar-refractivity contribution in [1.82, 2.24) is 10.6 Å². The van der Waals surface area contributed by atoms with Crippen molar-refractivity contribution in [2.24, 2.45) is 4.99 Å². The van der Waals surface area contributed by atoms with E-state index in [-0.39, 0.29) is 30.0 Å². The van der Waals surface area contributed by atoms with E-state index in [4.69, 9.17) is 4.74 Å². The summed E-state index contributed by atoms with van der Waals surface area (Å²) in [5.41, 5.74) is 1.19. The van der Waals surface area contributed by atoms with Crippen LogP contribution in [0.2, 0.25) is 0 Å². The highest BCUT2D eigenvalue weighted by molar-refractivity contribution is 14.0. The van der Waals surface area contributed by atoms with Crippen molar-refractivity contribution in [2.75, 3.05) is 19.7 Å². The molecule has 0 bridgehead atoms. The number of guanidine groups is 1. The summed E-state index contributed by atoms with van der Waals surface area (Å²) in [5, 5.41) is 8.79. The third-order valence-corrected chi connectivity index (χ3v) is 4.34. The van der Waals surface area contributed by atoms with Gasteiger partial charge in [0.15, 0.2) is 5.96 Å². The minimum absolute atomic E-state index is 0. The highest BCUT2D eigenvalue weighted by Gasteiger charge is 2.08. The van der Waals surface area contributed by atoms with E-state index in [0.29, 0.717) is 19.8 Å². The van der Waals surface area contributed by atoms with E-state index in [1.165, 1.54) is 10.4 Å². The average Bonchev–Trinajstić information content (AvgIpc) is 3.10. The van der Waals surface area contributed by atoms with Crippen molar-refractivity contribution >= 4 is 41.3 Å². The van der Waals surface area contributed by atoms with Crippen LogP contribution < -0.4 is 10.6 Å². The van der Waals surface area contributed by atoms with Gasteiger partial charge in [-0.15, -0.1) is 35.3 Å². The summed E-state index contributed by atoms with van der Waals surface area (Å²) in [4.78, 5) is 5.87. The molecular formula is C18H26IN3OS. The highest BCUT2D eigenvalue weighted by Crippen LogP contribution is 2.17. The Hall–Kier alpha value is -1.12. The molecule has 1 unspecified atom stereocenters. The van der Waals surface area contributed by atoms with Crippen LogP contribution in [0.25, 0.3) is 0 Å². The molecule has 0 amide bonds. The van der Waals surface area contributed by atoms with E-state index in [9.17, 15) is 0 Å². The standard InChI is InChI=1S/C18H25N3OS.HI/c1-3-19-18(21-15(2)17-10-7-13-23-17)20-11-12-22-14-16-8-5-4-6-9-16;/h4-10,13,15H,3,11-12,14H2,1-2H3,(H2,19,20,21);1H. The van der Waals surface area contributed by atoms with Crippen molar-refractivity contribution in [1.29, 1.82) is 0 Å². The molecule has 0 saturated carbocycles. The summed E-state index contributed by atoms with van der Waals surface area (Å²) in [6.07, 6.45) is 0. The third kappa shape index (κ3) is 7.63. The van der Waals surface area contributed by atoms with Crippen LogP contribution in [-0.4, -0.2) is 25.7 Å². The summed E-state index contributed by atoms with van der Waals surface area (Å²) in [5.74, 6) is 0.830. The maximum Gasteiger partial charge on any atom is 0.191 e. The maximum atomic E-state index is 5.66. The van der Waals surface area contributed by atoms with Crippen molar-refractivity contribution in [3.63, 3.8) is 0 Å². The second kappa shape index (κ2) is 12.3. The molecule has 1 heterocycles. The Morgan fingerprint density at radius 3 is 2.67 bits per heavy atom. The summed E-state index contributed by atoms with van der Waals surface area (Å²) >= 11 is 1.75. The summed E-state index contributed by atoms with van der Waals surface area (Å²) < 4.78 is 5.66. The van der Waals surface area contributed by atoms with E-state index in [1.807, 2.05) is 18.2 Å². The van der Waals surface area contributed by atoms with Gasteiger partial charge in [0.1, 0.15) is 0 Å². The number of thiophene rings is 1. The van der Waals surface area contributed by atoms with Gasteiger partial charge in [-0.3, -0.25) is 4.99 Å². The lowest BCUT2D eigenvalue weighted by Crippen LogP contribution is -2.38. The van der Waals surface area contributed by atoms with Gasteiger partial charge in [0.25, 0.3) is 0 Å². The second-order valence-electron chi connectivity index (χ2n) is 5.18. The van der Waals surface area contributed by atoms with Crippen LogP contribution in [0.1, 0.15) is 30.3 Å². The molecule has 132 valence electrons. The first kappa shape index (κ1) is 20.9. The van der Waals surface area contributed by atoms with Crippen LogP contribution in [-0.2, 0) is 11.3 Å². The van der Waals surface area contributed by atoms with E-state index >= 15 is 0 Å². The lowest BCUT2D eigenvalue weighted by molar-refractivity contribution is 0.128. The smallest absolute Gasteiger partial charge is 0.191 e. The first-order chi connectivity index (χ1) is 11.3. The SMILES string of the molecule is CCNC(=NCCOCc1ccccc1)NC(C)c1cccs1.I. The van der Waals surface area contributed by atoms with Gasteiger partial charge in [0.2, 0.25) is 0 Å². The van der Waals surface area contributed by atoms with Gasteiger partial charge in [-0.2, -0.15) is 0 Å². The molecule has 0 aliphatic heterocycles. The van der Waals surface area contributed by atoms with Gasteiger partial charge in [-0.1, -0.05) is 36.4 Å². The Kier molecular flexibility index (Phi) is 10.7. The van der Waals surface area contributed by atoms with Gasteiger partial charge in [-0.25, -0.2) is 0 Å². The number of nitrogens with zero attached hydrogens (tertiary/aromatic N) is 1. The van der Waals surface area contributed by atoms with Crippen LogP contribution in [0.4, 0.5) is 0 Å². The molecule has 0 aliphatic carbocycles. The molecular weight excluding hydrogens is 433 g/mol. The van der Waals surface area contributed by atoms with Gasteiger partial charge >= 0.3 is 0 Å². The monoisotopic (exact) mass is 459 g/mol. The zero-order valence-electron chi connectivity index (χ0n) is 14.2. The van der Waals surface area contributed by atoms with Crippen LogP contribution in [0, 0.1) is 0 Å². The molecule has 6 heteroatoms. The number of rotatable bonds is 8. The zero-order valence-corrected chi connectivity index (χ0v) is 17.3. The zero-order chi connectivity index (χ0) is 16.3. The van der Waals surface area contributed by atoms with Crippen LogP contribution >= 0.6 is 35.3 Å². The first-order valence-corrected chi connectivity index (χ1v) is 8.87. The lowest BCUT2D eigenvalue weighted by Gasteiger charge is -2.16.